The third-order valence-corrected chi connectivity index (χ3v) is 2.56. The Morgan fingerprint density at radius 3 is 2.82 bits per heavy atom. The Morgan fingerprint density at radius 1 is 1.35 bits per heavy atom. The van der Waals surface area contributed by atoms with Crippen molar-refractivity contribution in [2.75, 3.05) is 13.7 Å². The molecule has 2 rings (SSSR count). The minimum Gasteiger partial charge on any atom is -0.496 e. The zero-order valence-corrected chi connectivity index (χ0v) is 10.0. The maximum atomic E-state index is 5.76. The number of rotatable bonds is 5. The first-order valence-corrected chi connectivity index (χ1v) is 5.59. The third-order valence-electron chi connectivity index (χ3n) is 2.56. The minimum absolute atomic E-state index is 0.168. The third kappa shape index (κ3) is 2.47. The second-order valence-electron chi connectivity index (χ2n) is 3.58. The number of nitrogens with one attached hydrogen (secondary N) is 1. The lowest BCUT2D eigenvalue weighted by atomic mass is 10.1. The van der Waals surface area contributed by atoms with Crippen LogP contribution in [0.25, 0.3) is 0 Å². The van der Waals surface area contributed by atoms with Gasteiger partial charge < -0.3 is 14.5 Å². The van der Waals surface area contributed by atoms with E-state index in [0.717, 1.165) is 17.0 Å². The van der Waals surface area contributed by atoms with Gasteiger partial charge in [-0.25, -0.2) is 4.98 Å². The van der Waals surface area contributed by atoms with Crippen molar-refractivity contribution >= 4 is 0 Å². The topological polar surface area (TPSA) is 47.1 Å². The highest BCUT2D eigenvalue weighted by atomic mass is 16.5. The summed E-state index contributed by atoms with van der Waals surface area (Å²) in [6.07, 6.45) is 3.25. The van der Waals surface area contributed by atoms with E-state index in [2.05, 4.69) is 9.97 Å². The first-order valence-electron chi connectivity index (χ1n) is 5.59. The number of ether oxygens (including phenoxy) is 2. The van der Waals surface area contributed by atoms with Crippen molar-refractivity contribution in [1.82, 2.24) is 9.97 Å². The molecule has 0 fully saturated rings. The van der Waals surface area contributed by atoms with Crippen LogP contribution in [0.15, 0.2) is 36.8 Å². The van der Waals surface area contributed by atoms with Crippen LogP contribution in [0.5, 0.6) is 5.75 Å². The summed E-state index contributed by atoms with van der Waals surface area (Å²) < 4.78 is 11.1. The van der Waals surface area contributed by atoms with Crippen LogP contribution in [0.2, 0.25) is 0 Å². The smallest absolute Gasteiger partial charge is 0.127 e. The Labute approximate surface area is 101 Å². The van der Waals surface area contributed by atoms with Gasteiger partial charge in [-0.05, 0) is 13.0 Å². The van der Waals surface area contributed by atoms with E-state index in [1.54, 1.807) is 19.6 Å². The number of para-hydroxylation sites is 1. The van der Waals surface area contributed by atoms with E-state index >= 15 is 0 Å². The molecule has 0 aliphatic rings. The highest BCUT2D eigenvalue weighted by Gasteiger charge is 2.19. The molecular weight excluding hydrogens is 216 g/mol. The van der Waals surface area contributed by atoms with E-state index < -0.39 is 0 Å². The fourth-order valence-electron chi connectivity index (χ4n) is 1.81. The van der Waals surface area contributed by atoms with Crippen LogP contribution in [-0.4, -0.2) is 23.7 Å². The summed E-state index contributed by atoms with van der Waals surface area (Å²) in [5.41, 5.74) is 1.93. The number of hydrogen-bond acceptors (Lipinski definition) is 3. The molecule has 90 valence electrons. The number of benzene rings is 1. The molecule has 1 heterocycles. The van der Waals surface area contributed by atoms with Gasteiger partial charge in [-0.2, -0.15) is 0 Å². The maximum absolute atomic E-state index is 5.76. The predicted molar refractivity (Wildman–Crippen MR) is 65.1 cm³/mol. The summed E-state index contributed by atoms with van der Waals surface area (Å²) in [5.74, 6) is 0.820. The van der Waals surface area contributed by atoms with Crippen molar-refractivity contribution in [3.63, 3.8) is 0 Å². The first kappa shape index (κ1) is 11.7. The Balaban J connectivity index is 2.39. The SMILES string of the molecule is CCOC(c1cnc[nH]1)c1ccccc1OC. The number of imidazole rings is 1. The monoisotopic (exact) mass is 232 g/mol. The maximum Gasteiger partial charge on any atom is 0.127 e. The Morgan fingerprint density at radius 2 is 2.18 bits per heavy atom. The second-order valence-corrected chi connectivity index (χ2v) is 3.58. The van der Waals surface area contributed by atoms with E-state index in [1.165, 1.54) is 0 Å². The van der Waals surface area contributed by atoms with Gasteiger partial charge in [0.1, 0.15) is 11.9 Å². The van der Waals surface area contributed by atoms with E-state index in [0.29, 0.717) is 6.61 Å². The largest absolute Gasteiger partial charge is 0.496 e. The molecule has 4 heteroatoms. The molecule has 0 radical (unpaired) electrons. The minimum atomic E-state index is -0.168. The molecule has 1 unspecified atom stereocenters. The highest BCUT2D eigenvalue weighted by Crippen LogP contribution is 2.31. The van der Waals surface area contributed by atoms with Gasteiger partial charge in [0, 0.05) is 12.2 Å². The molecule has 1 aromatic carbocycles. The summed E-state index contributed by atoms with van der Waals surface area (Å²) in [4.78, 5) is 7.11. The lowest BCUT2D eigenvalue weighted by Crippen LogP contribution is -2.08. The summed E-state index contributed by atoms with van der Waals surface area (Å²) in [6.45, 7) is 2.60. The van der Waals surface area contributed by atoms with Crippen LogP contribution in [0.1, 0.15) is 24.3 Å². The zero-order chi connectivity index (χ0) is 12.1. The number of methoxy groups -OCH3 is 1. The first-order chi connectivity index (χ1) is 8.36. The van der Waals surface area contributed by atoms with Gasteiger partial charge >= 0.3 is 0 Å². The van der Waals surface area contributed by atoms with Crippen LogP contribution in [-0.2, 0) is 4.74 Å². The molecule has 1 aromatic heterocycles. The molecular formula is C13H16N2O2. The van der Waals surface area contributed by atoms with E-state index in [1.807, 2.05) is 31.2 Å². The van der Waals surface area contributed by atoms with E-state index in [-0.39, 0.29) is 6.10 Å². The number of aromatic nitrogens is 2. The van der Waals surface area contributed by atoms with Crippen molar-refractivity contribution in [1.29, 1.82) is 0 Å². The number of hydrogen-bond donors (Lipinski definition) is 1. The predicted octanol–water partition coefficient (Wildman–Crippen LogP) is 2.54. The van der Waals surface area contributed by atoms with Gasteiger partial charge in [-0.1, -0.05) is 18.2 Å². The average molecular weight is 232 g/mol. The van der Waals surface area contributed by atoms with Gasteiger partial charge in [0.25, 0.3) is 0 Å². The van der Waals surface area contributed by atoms with E-state index in [9.17, 15) is 0 Å². The molecule has 0 aliphatic carbocycles. The quantitative estimate of drug-likeness (QED) is 0.861. The lowest BCUT2D eigenvalue weighted by Gasteiger charge is -2.18. The molecule has 0 saturated heterocycles. The number of H-pyrrole nitrogens is 1. The van der Waals surface area contributed by atoms with Gasteiger partial charge in [0.15, 0.2) is 0 Å². The summed E-state index contributed by atoms with van der Waals surface area (Å²) in [5, 5.41) is 0. The molecule has 0 aliphatic heterocycles. The van der Waals surface area contributed by atoms with Crippen LogP contribution in [0.4, 0.5) is 0 Å². The van der Waals surface area contributed by atoms with E-state index in [4.69, 9.17) is 9.47 Å². The van der Waals surface area contributed by atoms with Gasteiger partial charge in [0.05, 0.1) is 25.3 Å². The highest BCUT2D eigenvalue weighted by molar-refractivity contribution is 5.38. The number of aromatic amines is 1. The van der Waals surface area contributed by atoms with Crippen molar-refractivity contribution in [2.45, 2.75) is 13.0 Å². The molecule has 2 aromatic rings. The van der Waals surface area contributed by atoms with Gasteiger partial charge in [-0.15, -0.1) is 0 Å². The fourth-order valence-corrected chi connectivity index (χ4v) is 1.81. The molecule has 0 amide bonds. The van der Waals surface area contributed by atoms with Gasteiger partial charge in [0.2, 0.25) is 0 Å². The van der Waals surface area contributed by atoms with Crippen molar-refractivity contribution in [3.8, 4) is 5.75 Å². The molecule has 0 bridgehead atoms. The molecule has 0 spiro atoms. The molecule has 0 saturated carbocycles. The van der Waals surface area contributed by atoms with Gasteiger partial charge in [-0.3, -0.25) is 0 Å². The zero-order valence-electron chi connectivity index (χ0n) is 10.0. The summed E-state index contributed by atoms with van der Waals surface area (Å²) in [6, 6.07) is 7.84. The molecule has 17 heavy (non-hydrogen) atoms. The standard InChI is InChI=1S/C13H16N2O2/c1-3-17-13(11-8-14-9-15-11)10-6-4-5-7-12(10)16-2/h4-9,13H,3H2,1-2H3,(H,14,15). The molecule has 1 atom stereocenters. The second kappa shape index (κ2) is 5.50. The Kier molecular flexibility index (Phi) is 3.77. The summed E-state index contributed by atoms with van der Waals surface area (Å²) >= 11 is 0. The van der Waals surface area contributed by atoms with Crippen molar-refractivity contribution in [2.24, 2.45) is 0 Å². The Bertz CT molecular complexity index is 454. The normalized spacial score (nSPS) is 12.4. The summed E-state index contributed by atoms with van der Waals surface area (Å²) in [7, 11) is 1.66. The Hall–Kier alpha value is -1.81. The molecule has 4 nitrogen and oxygen atoms in total. The van der Waals surface area contributed by atoms with Crippen LogP contribution >= 0.6 is 0 Å². The van der Waals surface area contributed by atoms with Crippen LogP contribution in [0.3, 0.4) is 0 Å². The van der Waals surface area contributed by atoms with Crippen LogP contribution in [0, 0.1) is 0 Å². The van der Waals surface area contributed by atoms with Crippen molar-refractivity contribution in [3.05, 3.63) is 48.0 Å². The lowest BCUT2D eigenvalue weighted by molar-refractivity contribution is 0.0867. The average Bonchev–Trinajstić information content (AvgIpc) is 2.89. The van der Waals surface area contributed by atoms with Crippen molar-refractivity contribution < 1.29 is 9.47 Å². The fraction of sp³-hybridized carbons (Fsp3) is 0.308. The number of nitrogens with zero attached hydrogens (tertiary/aromatic N) is 1. The molecule has 1 N–H and O–H groups in total. The van der Waals surface area contributed by atoms with Crippen LogP contribution < -0.4 is 4.74 Å².